The average molecular weight is 471 g/mol. The van der Waals surface area contributed by atoms with E-state index < -0.39 is 17.3 Å². The minimum Gasteiger partial charge on any atom is -0.481 e. The molecule has 1 saturated heterocycles. The summed E-state index contributed by atoms with van der Waals surface area (Å²) < 4.78 is 27.5. The summed E-state index contributed by atoms with van der Waals surface area (Å²) in [7, 11) is 1.48. The molecule has 2 aromatic heterocycles. The number of pyridine rings is 1. The van der Waals surface area contributed by atoms with Gasteiger partial charge in [-0.05, 0) is 64.8 Å². The third kappa shape index (κ3) is 4.57. The number of piperidine rings is 1. The molecule has 0 aliphatic carbocycles. The lowest BCUT2D eigenvalue weighted by Gasteiger charge is -2.40. The molecular formula is C25H31FN4O4. The first-order valence-corrected chi connectivity index (χ1v) is 11.5. The van der Waals surface area contributed by atoms with E-state index in [1.165, 1.54) is 24.3 Å². The number of hydrogen-bond acceptors (Lipinski definition) is 6. The summed E-state index contributed by atoms with van der Waals surface area (Å²) in [6.07, 6.45) is 2.10. The summed E-state index contributed by atoms with van der Waals surface area (Å²) in [5, 5.41) is 16.2. The third-order valence-electron chi connectivity index (χ3n) is 5.98. The summed E-state index contributed by atoms with van der Waals surface area (Å²) >= 11 is 0. The van der Waals surface area contributed by atoms with Crippen molar-refractivity contribution in [2.24, 2.45) is 0 Å². The summed E-state index contributed by atoms with van der Waals surface area (Å²) in [6.45, 7) is 8.54. The van der Waals surface area contributed by atoms with E-state index in [-0.39, 0.29) is 18.2 Å². The van der Waals surface area contributed by atoms with Crippen LogP contribution < -0.4 is 4.74 Å². The molecule has 3 aromatic rings. The quantitative estimate of drug-likeness (QED) is 0.605. The standard InChI is InChI=1S/C25H31FN4O4/c1-6-30-21-13-16(12-19(26)17(21)14-27-30)20-9-8-18(22(28-20)33-5)25(32)10-7-11-29(15-25)23(31)34-24(2,3)4/h8-9,12-14,32H,6-7,10-11,15H2,1-5H3. The van der Waals surface area contributed by atoms with Crippen molar-refractivity contribution in [2.75, 3.05) is 20.2 Å². The highest BCUT2D eigenvalue weighted by Crippen LogP contribution is 2.38. The number of carbonyl (C=O) groups is 1. The van der Waals surface area contributed by atoms with Crippen molar-refractivity contribution < 1.29 is 23.8 Å². The highest BCUT2D eigenvalue weighted by molar-refractivity contribution is 5.84. The van der Waals surface area contributed by atoms with Crippen molar-refractivity contribution in [3.8, 4) is 17.1 Å². The number of benzene rings is 1. The van der Waals surface area contributed by atoms with Gasteiger partial charge in [0.2, 0.25) is 5.88 Å². The molecule has 1 atom stereocenters. The molecule has 1 aliphatic heterocycles. The van der Waals surface area contributed by atoms with Crippen molar-refractivity contribution >= 4 is 17.0 Å². The molecule has 3 heterocycles. The van der Waals surface area contributed by atoms with Gasteiger partial charge in [0.1, 0.15) is 17.0 Å². The Labute approximate surface area is 198 Å². The summed E-state index contributed by atoms with van der Waals surface area (Å²) in [4.78, 5) is 18.7. The minimum atomic E-state index is -1.35. The van der Waals surface area contributed by atoms with Gasteiger partial charge in [0.25, 0.3) is 0 Å². The molecule has 182 valence electrons. The van der Waals surface area contributed by atoms with E-state index in [1.807, 2.05) is 13.0 Å². The Morgan fingerprint density at radius 3 is 2.74 bits per heavy atom. The fourth-order valence-corrected chi connectivity index (χ4v) is 4.38. The molecule has 1 amide bonds. The molecule has 34 heavy (non-hydrogen) atoms. The molecule has 1 aliphatic rings. The lowest BCUT2D eigenvalue weighted by molar-refractivity contribution is -0.0478. The number of aryl methyl sites for hydroxylation is 1. The van der Waals surface area contributed by atoms with Gasteiger partial charge < -0.3 is 19.5 Å². The zero-order valence-corrected chi connectivity index (χ0v) is 20.3. The molecular weight excluding hydrogens is 439 g/mol. The number of ether oxygens (including phenoxy) is 2. The van der Waals surface area contributed by atoms with Crippen molar-refractivity contribution in [3.63, 3.8) is 0 Å². The van der Waals surface area contributed by atoms with Crippen LogP contribution in [0.4, 0.5) is 9.18 Å². The number of carbonyl (C=O) groups excluding carboxylic acids is 1. The van der Waals surface area contributed by atoms with Crippen LogP contribution in [0.5, 0.6) is 5.88 Å². The molecule has 0 saturated carbocycles. The van der Waals surface area contributed by atoms with Crippen molar-refractivity contribution in [1.29, 1.82) is 0 Å². The van der Waals surface area contributed by atoms with Crippen LogP contribution in [0.3, 0.4) is 0 Å². The maximum absolute atomic E-state index is 14.7. The van der Waals surface area contributed by atoms with E-state index in [1.54, 1.807) is 37.6 Å². The number of methoxy groups -OCH3 is 1. The number of fused-ring (bicyclic) bond motifs is 1. The molecule has 1 fully saturated rings. The van der Waals surface area contributed by atoms with Crippen LogP contribution in [0.15, 0.2) is 30.5 Å². The smallest absolute Gasteiger partial charge is 0.410 e. The van der Waals surface area contributed by atoms with Crippen LogP contribution in [-0.4, -0.2) is 56.7 Å². The first-order valence-electron chi connectivity index (χ1n) is 11.5. The normalized spacial score (nSPS) is 18.9. The number of aromatic nitrogens is 3. The second-order valence-electron chi connectivity index (χ2n) is 9.64. The lowest BCUT2D eigenvalue weighted by Crippen LogP contribution is -2.50. The number of hydrogen-bond donors (Lipinski definition) is 1. The SMILES string of the molecule is CCn1ncc2c(F)cc(-c3ccc(C4(O)CCCN(C(=O)OC(C)(C)C)C4)c(OC)n3)cc21. The number of aliphatic hydroxyl groups is 1. The Bertz CT molecular complexity index is 1220. The molecule has 1 aromatic carbocycles. The number of nitrogens with zero attached hydrogens (tertiary/aromatic N) is 4. The fraction of sp³-hybridized carbons (Fsp3) is 0.480. The number of β-amino-alcohol motifs (C(OH)–C–C–N with tert-alkyl or cyclic N) is 1. The molecule has 1 N–H and O–H groups in total. The van der Waals surface area contributed by atoms with Gasteiger partial charge in [-0.3, -0.25) is 4.68 Å². The Morgan fingerprint density at radius 2 is 2.06 bits per heavy atom. The third-order valence-corrected chi connectivity index (χ3v) is 5.98. The maximum Gasteiger partial charge on any atom is 0.410 e. The van der Waals surface area contributed by atoms with E-state index in [4.69, 9.17) is 9.47 Å². The summed E-state index contributed by atoms with van der Waals surface area (Å²) in [6, 6.07) is 6.73. The first kappa shape index (κ1) is 23.9. The lowest BCUT2D eigenvalue weighted by atomic mass is 9.86. The van der Waals surface area contributed by atoms with Crippen LogP contribution in [-0.2, 0) is 16.9 Å². The number of rotatable bonds is 4. The zero-order chi connectivity index (χ0) is 24.7. The van der Waals surface area contributed by atoms with E-state index >= 15 is 0 Å². The molecule has 0 radical (unpaired) electrons. The van der Waals surface area contributed by atoms with Gasteiger partial charge in [-0.2, -0.15) is 5.10 Å². The molecule has 9 heteroatoms. The summed E-state index contributed by atoms with van der Waals surface area (Å²) in [5.41, 5.74) is 0.275. The van der Waals surface area contributed by atoms with Crippen LogP contribution in [0.1, 0.15) is 46.1 Å². The van der Waals surface area contributed by atoms with Gasteiger partial charge >= 0.3 is 6.09 Å². The molecule has 0 bridgehead atoms. The maximum atomic E-state index is 14.7. The predicted molar refractivity (Wildman–Crippen MR) is 126 cm³/mol. The van der Waals surface area contributed by atoms with Gasteiger partial charge in [0.15, 0.2) is 0 Å². The van der Waals surface area contributed by atoms with E-state index in [9.17, 15) is 14.3 Å². The zero-order valence-electron chi connectivity index (χ0n) is 20.3. The Balaban J connectivity index is 1.67. The van der Waals surface area contributed by atoms with Crippen molar-refractivity contribution in [2.45, 2.75) is 58.3 Å². The Morgan fingerprint density at radius 1 is 1.29 bits per heavy atom. The number of halogens is 1. The monoisotopic (exact) mass is 470 g/mol. The second kappa shape index (κ2) is 8.87. The van der Waals surface area contributed by atoms with Crippen LogP contribution in [0.2, 0.25) is 0 Å². The van der Waals surface area contributed by atoms with Crippen LogP contribution in [0.25, 0.3) is 22.2 Å². The number of likely N-dealkylation sites (tertiary alicyclic amines) is 1. The van der Waals surface area contributed by atoms with Gasteiger partial charge in [0.05, 0.1) is 36.4 Å². The predicted octanol–water partition coefficient (Wildman–Crippen LogP) is 4.48. The minimum absolute atomic E-state index is 0.0651. The van der Waals surface area contributed by atoms with E-state index in [0.29, 0.717) is 53.7 Å². The second-order valence-corrected chi connectivity index (χ2v) is 9.64. The van der Waals surface area contributed by atoms with Gasteiger partial charge in [-0.1, -0.05) is 0 Å². The van der Waals surface area contributed by atoms with Gasteiger partial charge in [-0.15, -0.1) is 0 Å². The Hall–Kier alpha value is -3.20. The first-order chi connectivity index (χ1) is 16.0. The van der Waals surface area contributed by atoms with Crippen molar-refractivity contribution in [1.82, 2.24) is 19.7 Å². The molecule has 4 rings (SSSR count). The van der Waals surface area contributed by atoms with Crippen LogP contribution in [0, 0.1) is 5.82 Å². The van der Waals surface area contributed by atoms with E-state index in [0.717, 1.165) is 0 Å². The summed E-state index contributed by atoms with van der Waals surface area (Å²) in [5.74, 6) is -0.147. The Kier molecular flexibility index (Phi) is 6.24. The van der Waals surface area contributed by atoms with E-state index in [2.05, 4.69) is 10.1 Å². The topological polar surface area (TPSA) is 89.7 Å². The highest BCUT2D eigenvalue weighted by Gasteiger charge is 2.40. The molecule has 8 nitrogen and oxygen atoms in total. The van der Waals surface area contributed by atoms with Crippen LogP contribution >= 0.6 is 0 Å². The van der Waals surface area contributed by atoms with Crippen molar-refractivity contribution in [3.05, 3.63) is 41.8 Å². The van der Waals surface area contributed by atoms with Gasteiger partial charge in [0, 0.05) is 24.2 Å². The fourth-order valence-electron chi connectivity index (χ4n) is 4.38. The highest BCUT2D eigenvalue weighted by atomic mass is 19.1. The molecule has 1 unspecified atom stereocenters. The number of amides is 1. The largest absolute Gasteiger partial charge is 0.481 e. The van der Waals surface area contributed by atoms with Gasteiger partial charge in [-0.25, -0.2) is 14.2 Å². The molecule has 0 spiro atoms. The average Bonchev–Trinajstić information content (AvgIpc) is 3.21.